The number of benzene rings is 2. The summed E-state index contributed by atoms with van der Waals surface area (Å²) in [4.78, 5) is 22.1. The molecule has 3 rings (SSSR count). The van der Waals surface area contributed by atoms with E-state index in [1.54, 1.807) is 6.07 Å². The highest BCUT2D eigenvalue weighted by molar-refractivity contribution is 9.10. The zero-order chi connectivity index (χ0) is 21.5. The van der Waals surface area contributed by atoms with Crippen LogP contribution in [0.5, 0.6) is 0 Å². The van der Waals surface area contributed by atoms with E-state index in [0.717, 1.165) is 15.7 Å². The number of nitriles is 1. The molecule has 152 valence electrons. The molecule has 0 aliphatic rings. The van der Waals surface area contributed by atoms with Crippen molar-refractivity contribution in [1.29, 1.82) is 5.26 Å². The Morgan fingerprint density at radius 3 is 2.63 bits per heavy atom. The molecule has 0 saturated carbocycles. The summed E-state index contributed by atoms with van der Waals surface area (Å²) in [5.41, 5.74) is 2.25. The number of hydrogen-bond acceptors (Lipinski definition) is 6. The molecule has 2 amide bonds. The Balaban J connectivity index is 1.72. The minimum Gasteiger partial charge on any atom is -0.387 e. The van der Waals surface area contributed by atoms with Gasteiger partial charge in [-0.3, -0.25) is 5.32 Å². The summed E-state index contributed by atoms with van der Waals surface area (Å²) < 4.78 is 0.789. The molecule has 2 aromatic carbocycles. The van der Waals surface area contributed by atoms with Crippen molar-refractivity contribution in [3.05, 3.63) is 76.7 Å². The molecular weight excluding hydrogens is 448 g/mol. The average molecular weight is 467 g/mol. The van der Waals surface area contributed by atoms with Gasteiger partial charge < -0.3 is 15.3 Å². The third kappa shape index (κ3) is 5.53. The quantitative estimate of drug-likeness (QED) is 0.506. The first-order chi connectivity index (χ1) is 14.5. The van der Waals surface area contributed by atoms with Gasteiger partial charge in [-0.05, 0) is 23.8 Å². The fourth-order valence-electron chi connectivity index (χ4n) is 2.80. The number of urea groups is 1. The number of rotatable bonds is 6. The second-order valence-corrected chi connectivity index (χ2v) is 7.36. The number of likely N-dealkylation sites (N-methyl/N-ethyl adjacent to an activating group) is 1. The van der Waals surface area contributed by atoms with Crippen molar-refractivity contribution >= 4 is 39.2 Å². The van der Waals surface area contributed by atoms with Gasteiger partial charge in [-0.1, -0.05) is 46.3 Å². The molecule has 1 heterocycles. The van der Waals surface area contributed by atoms with Gasteiger partial charge in [0.05, 0.1) is 29.9 Å². The molecule has 0 fully saturated rings. The van der Waals surface area contributed by atoms with Crippen molar-refractivity contribution in [3.63, 3.8) is 0 Å². The van der Waals surface area contributed by atoms with E-state index in [-0.39, 0.29) is 11.5 Å². The van der Waals surface area contributed by atoms with E-state index in [0.29, 0.717) is 12.2 Å². The van der Waals surface area contributed by atoms with E-state index in [2.05, 4.69) is 36.5 Å². The number of carbonyl (C=O) groups excluding carboxylic acids is 1. The number of amides is 2. The number of hydrogen-bond donors (Lipinski definition) is 3. The summed E-state index contributed by atoms with van der Waals surface area (Å²) in [6.45, 7) is 0.336. The number of nitrogens with zero attached hydrogens (tertiary/aromatic N) is 4. The summed E-state index contributed by atoms with van der Waals surface area (Å²) in [5, 5.41) is 24.7. The lowest BCUT2D eigenvalue weighted by Crippen LogP contribution is -2.27. The van der Waals surface area contributed by atoms with E-state index in [1.165, 1.54) is 12.4 Å². The molecule has 0 radical (unpaired) electrons. The first kappa shape index (κ1) is 21.2. The molecule has 0 bridgehead atoms. The van der Waals surface area contributed by atoms with Crippen molar-refractivity contribution in [1.82, 2.24) is 9.97 Å². The summed E-state index contributed by atoms with van der Waals surface area (Å²) in [6.07, 6.45) is 1.90. The van der Waals surface area contributed by atoms with E-state index in [9.17, 15) is 9.90 Å². The van der Waals surface area contributed by atoms with Crippen LogP contribution in [0.1, 0.15) is 17.4 Å². The van der Waals surface area contributed by atoms with Crippen LogP contribution in [-0.2, 0) is 0 Å². The maximum absolute atomic E-state index is 12.4. The van der Waals surface area contributed by atoms with Crippen LogP contribution in [0.3, 0.4) is 0 Å². The molecule has 1 unspecified atom stereocenters. The fourth-order valence-corrected chi connectivity index (χ4v) is 3.16. The van der Waals surface area contributed by atoms with Gasteiger partial charge in [0, 0.05) is 18.1 Å². The number of carbonyl (C=O) groups is 1. The molecule has 0 aliphatic carbocycles. The monoisotopic (exact) mass is 466 g/mol. The summed E-state index contributed by atoms with van der Waals surface area (Å²) in [5.74, 6) is 0.218. The summed E-state index contributed by atoms with van der Waals surface area (Å²) >= 11 is 3.41. The highest BCUT2D eigenvalue weighted by Crippen LogP contribution is 2.30. The van der Waals surface area contributed by atoms with Crippen molar-refractivity contribution < 1.29 is 9.90 Å². The van der Waals surface area contributed by atoms with Gasteiger partial charge in [-0.25, -0.2) is 14.8 Å². The normalized spacial score (nSPS) is 11.3. The Kier molecular flexibility index (Phi) is 6.95. The third-order valence-corrected chi connectivity index (χ3v) is 4.75. The molecule has 3 aromatic rings. The number of aliphatic hydroxyl groups excluding tert-OH is 1. The number of aromatic nitrogens is 2. The van der Waals surface area contributed by atoms with Crippen molar-refractivity contribution in [3.8, 4) is 6.07 Å². The molecule has 0 aliphatic heterocycles. The maximum Gasteiger partial charge on any atom is 0.324 e. The van der Waals surface area contributed by atoms with Gasteiger partial charge in [0.2, 0.25) is 0 Å². The summed E-state index contributed by atoms with van der Waals surface area (Å²) in [6, 6.07) is 16.2. The Hall–Kier alpha value is -3.48. The number of nitrogens with one attached hydrogen (secondary N) is 2. The summed E-state index contributed by atoms with van der Waals surface area (Å²) in [7, 11) is 1.84. The molecule has 3 N–H and O–H groups in total. The molecule has 0 spiro atoms. The van der Waals surface area contributed by atoms with Crippen LogP contribution >= 0.6 is 15.9 Å². The Morgan fingerprint density at radius 2 is 1.97 bits per heavy atom. The smallest absolute Gasteiger partial charge is 0.324 e. The van der Waals surface area contributed by atoms with Gasteiger partial charge in [-0.15, -0.1) is 0 Å². The van der Waals surface area contributed by atoms with Gasteiger partial charge >= 0.3 is 6.03 Å². The predicted molar refractivity (Wildman–Crippen MR) is 118 cm³/mol. The second-order valence-electron chi connectivity index (χ2n) is 6.45. The Bertz CT molecular complexity index is 1050. The lowest BCUT2D eigenvalue weighted by Gasteiger charge is -2.25. The first-order valence-electron chi connectivity index (χ1n) is 9.00. The van der Waals surface area contributed by atoms with Crippen LogP contribution in [0.2, 0.25) is 0 Å². The Labute approximate surface area is 182 Å². The minimum atomic E-state index is -0.685. The van der Waals surface area contributed by atoms with Crippen LogP contribution < -0.4 is 15.5 Å². The molecule has 0 saturated heterocycles. The molecule has 1 aromatic heterocycles. The van der Waals surface area contributed by atoms with E-state index in [4.69, 9.17) is 5.26 Å². The van der Waals surface area contributed by atoms with E-state index in [1.807, 2.05) is 60.5 Å². The van der Waals surface area contributed by atoms with E-state index < -0.39 is 12.1 Å². The minimum absolute atomic E-state index is 0.161. The average Bonchev–Trinajstić information content (AvgIpc) is 2.74. The predicted octanol–water partition coefficient (Wildman–Crippen LogP) is 3.92. The number of anilines is 3. The van der Waals surface area contributed by atoms with Crippen LogP contribution in [0.25, 0.3) is 0 Å². The van der Waals surface area contributed by atoms with Crippen LogP contribution in [0, 0.1) is 11.3 Å². The van der Waals surface area contributed by atoms with Gasteiger partial charge in [0.25, 0.3) is 0 Å². The number of aliphatic hydroxyl groups is 1. The first-order valence-corrected chi connectivity index (χ1v) is 9.79. The molecule has 9 heteroatoms. The molecule has 1 atom stereocenters. The van der Waals surface area contributed by atoms with Crippen molar-refractivity contribution in [2.24, 2.45) is 0 Å². The van der Waals surface area contributed by atoms with Crippen LogP contribution in [-0.4, -0.2) is 34.7 Å². The number of halogens is 1. The Morgan fingerprint density at radius 1 is 1.20 bits per heavy atom. The van der Waals surface area contributed by atoms with E-state index >= 15 is 0 Å². The van der Waals surface area contributed by atoms with Gasteiger partial charge in [0.1, 0.15) is 6.07 Å². The van der Waals surface area contributed by atoms with Crippen molar-refractivity contribution in [2.75, 3.05) is 29.1 Å². The topological polar surface area (TPSA) is 114 Å². The third-order valence-electron chi connectivity index (χ3n) is 4.26. The second kappa shape index (κ2) is 9.82. The maximum atomic E-state index is 12.4. The molecule has 30 heavy (non-hydrogen) atoms. The van der Waals surface area contributed by atoms with Crippen LogP contribution in [0.4, 0.5) is 22.0 Å². The van der Waals surface area contributed by atoms with Gasteiger partial charge in [0.15, 0.2) is 11.5 Å². The lowest BCUT2D eigenvalue weighted by atomic mass is 10.1. The zero-order valence-electron chi connectivity index (χ0n) is 16.1. The molecular formula is C21H19BrN6O2. The standard InChI is InChI=1S/C21H19BrN6O2/c1-28(13-19(29)14-5-3-2-4-6-14)18-8-7-15(22)9-17(18)26-21(30)27-20-12-24-16(10-23)11-25-20/h2-9,11-12,19,29H,13H2,1H3,(H2,25,26,27,30). The molecule has 8 nitrogen and oxygen atoms in total. The zero-order valence-corrected chi connectivity index (χ0v) is 17.7. The highest BCUT2D eigenvalue weighted by Gasteiger charge is 2.16. The van der Waals surface area contributed by atoms with Gasteiger partial charge in [-0.2, -0.15) is 5.26 Å². The lowest BCUT2D eigenvalue weighted by molar-refractivity contribution is 0.185. The fraction of sp³-hybridized carbons (Fsp3) is 0.143. The SMILES string of the molecule is CN(CC(O)c1ccccc1)c1ccc(Br)cc1NC(=O)Nc1cnc(C#N)cn1. The highest BCUT2D eigenvalue weighted by atomic mass is 79.9. The van der Waals surface area contributed by atoms with Crippen molar-refractivity contribution in [2.45, 2.75) is 6.10 Å². The van der Waals surface area contributed by atoms with Crippen LogP contribution in [0.15, 0.2) is 65.4 Å². The largest absolute Gasteiger partial charge is 0.387 e.